The third-order valence-electron chi connectivity index (χ3n) is 10.1. The van der Waals surface area contributed by atoms with Crippen LogP contribution in [0.1, 0.15) is 56.9 Å². The Morgan fingerprint density at radius 1 is 0.891 bits per heavy atom. The quantitative estimate of drug-likeness (QED) is 0.372. The van der Waals surface area contributed by atoms with E-state index >= 15 is 0 Å². The monoisotopic (exact) mass is 631 g/mol. The van der Waals surface area contributed by atoms with Crippen molar-refractivity contribution in [2.24, 2.45) is 0 Å². The molecule has 4 heterocycles. The Bertz CT molecular complexity index is 1410. The molecular formula is C35H46FN7O3. The number of nitrogens with zero attached hydrogens (tertiary/aromatic N) is 4. The Kier molecular flexibility index (Phi) is 10.1. The first-order chi connectivity index (χ1) is 22.3. The third-order valence-corrected chi connectivity index (χ3v) is 10.1. The van der Waals surface area contributed by atoms with E-state index in [1.807, 2.05) is 34.1 Å². The molecule has 2 aromatic rings. The average Bonchev–Trinajstić information content (AvgIpc) is 3.08. The van der Waals surface area contributed by atoms with Gasteiger partial charge in [0.2, 0.25) is 5.91 Å². The molecular weight excluding hydrogens is 585 g/mol. The van der Waals surface area contributed by atoms with Gasteiger partial charge in [0.15, 0.2) is 0 Å². The number of halogens is 1. The van der Waals surface area contributed by atoms with Crippen molar-refractivity contribution >= 4 is 29.3 Å². The molecule has 0 aromatic heterocycles. The van der Waals surface area contributed by atoms with Crippen LogP contribution in [0.2, 0.25) is 0 Å². The highest BCUT2D eigenvalue weighted by atomic mass is 19.1. The molecule has 5 amide bonds. The second kappa shape index (κ2) is 14.5. The number of carbonyl (C=O) groups excluding carboxylic acids is 3. The van der Waals surface area contributed by atoms with Gasteiger partial charge in [0.1, 0.15) is 5.82 Å². The SMILES string of the molecule is C=C([C@H](CC(=O)N1CCC(N2Cc3ccccc3NC2=O)CC1)NC(=O)Nc1cccc(F)c1)N1CCC(N2CCCCC2)CC1. The van der Waals surface area contributed by atoms with Gasteiger partial charge >= 0.3 is 12.1 Å². The number of nitrogens with one attached hydrogen (secondary N) is 3. The number of fused-ring (bicyclic) bond motifs is 1. The number of carbonyl (C=O) groups is 3. The fourth-order valence-electron chi connectivity index (χ4n) is 7.41. The molecule has 3 fully saturated rings. The molecule has 46 heavy (non-hydrogen) atoms. The lowest BCUT2D eigenvalue weighted by Gasteiger charge is -2.43. The Morgan fingerprint density at radius 3 is 2.33 bits per heavy atom. The highest BCUT2D eigenvalue weighted by molar-refractivity contribution is 5.92. The Morgan fingerprint density at radius 2 is 1.59 bits per heavy atom. The molecule has 3 N–H and O–H groups in total. The van der Waals surface area contributed by atoms with Crippen molar-refractivity contribution in [3.05, 3.63) is 72.2 Å². The molecule has 0 radical (unpaired) electrons. The molecule has 0 spiro atoms. The van der Waals surface area contributed by atoms with Crippen LogP contribution in [0.5, 0.6) is 0 Å². The van der Waals surface area contributed by atoms with Crippen LogP contribution in [0.15, 0.2) is 60.8 Å². The van der Waals surface area contributed by atoms with Crippen molar-refractivity contribution in [1.29, 1.82) is 0 Å². The number of para-hydroxylation sites is 1. The second-order valence-corrected chi connectivity index (χ2v) is 13.0. The van der Waals surface area contributed by atoms with Crippen molar-refractivity contribution in [1.82, 2.24) is 24.9 Å². The van der Waals surface area contributed by atoms with Gasteiger partial charge in [0, 0.05) is 61.9 Å². The van der Waals surface area contributed by atoms with Crippen molar-refractivity contribution in [2.75, 3.05) is 49.9 Å². The minimum atomic E-state index is -0.616. The van der Waals surface area contributed by atoms with Crippen molar-refractivity contribution in [3.8, 4) is 0 Å². The lowest BCUT2D eigenvalue weighted by atomic mass is 9.97. The zero-order chi connectivity index (χ0) is 32.0. The number of anilines is 2. The number of piperidine rings is 3. The van der Waals surface area contributed by atoms with E-state index in [2.05, 4.69) is 32.3 Å². The van der Waals surface area contributed by atoms with Crippen molar-refractivity contribution in [3.63, 3.8) is 0 Å². The Labute approximate surface area is 271 Å². The van der Waals surface area contributed by atoms with Crippen LogP contribution in [0.4, 0.5) is 25.4 Å². The summed E-state index contributed by atoms with van der Waals surface area (Å²) in [7, 11) is 0. The molecule has 10 nitrogen and oxygen atoms in total. The maximum absolute atomic E-state index is 13.8. The normalized spacial score (nSPS) is 20.5. The number of likely N-dealkylation sites (tertiary alicyclic amines) is 3. The average molecular weight is 632 g/mol. The molecule has 1 atom stereocenters. The van der Waals surface area contributed by atoms with Crippen molar-refractivity contribution in [2.45, 2.75) is 76.0 Å². The summed E-state index contributed by atoms with van der Waals surface area (Å²) in [5, 5.41) is 8.67. The van der Waals surface area contributed by atoms with E-state index in [0.717, 1.165) is 56.0 Å². The van der Waals surface area contributed by atoms with E-state index < -0.39 is 17.9 Å². The predicted molar refractivity (Wildman–Crippen MR) is 177 cm³/mol. The number of hydrogen-bond donors (Lipinski definition) is 3. The van der Waals surface area contributed by atoms with E-state index in [1.54, 1.807) is 6.07 Å². The number of hydrogen-bond acceptors (Lipinski definition) is 5. The second-order valence-electron chi connectivity index (χ2n) is 13.0. The zero-order valence-corrected chi connectivity index (χ0v) is 26.6. The molecule has 6 rings (SSSR count). The molecule has 4 aliphatic heterocycles. The van der Waals surface area contributed by atoms with Crippen LogP contribution >= 0.6 is 0 Å². The number of benzene rings is 2. The van der Waals surface area contributed by atoms with E-state index in [-0.39, 0.29) is 24.4 Å². The molecule has 246 valence electrons. The standard InChI is InChI=1S/C35H46FN7O3/c1-25(40-18-12-29(13-19-40)41-16-5-2-6-17-41)32(38-34(45)37-28-10-7-9-27(36)22-28)23-33(44)42-20-14-30(15-21-42)43-24-26-8-3-4-11-31(26)39-35(43)46/h3-4,7-11,22,29-30,32H,1-2,5-6,12-21,23-24H2,(H,39,46)(H2,37,38,45)/t32-/m0/s1. The number of urea groups is 2. The first kappa shape index (κ1) is 31.8. The Hall–Kier alpha value is -4.12. The molecule has 2 aromatic carbocycles. The number of amides is 5. The van der Waals surface area contributed by atoms with Crippen LogP contribution in [0.25, 0.3) is 0 Å². The van der Waals surface area contributed by atoms with Gasteiger partial charge < -0.3 is 35.6 Å². The summed E-state index contributed by atoms with van der Waals surface area (Å²) in [6.07, 6.45) is 7.33. The summed E-state index contributed by atoms with van der Waals surface area (Å²) in [5.74, 6) is -0.507. The Balaban J connectivity index is 1.07. The van der Waals surface area contributed by atoms with Gasteiger partial charge in [-0.2, -0.15) is 0 Å². The molecule has 0 saturated carbocycles. The van der Waals surface area contributed by atoms with Gasteiger partial charge in [-0.1, -0.05) is 37.3 Å². The maximum atomic E-state index is 13.8. The topological polar surface area (TPSA) is 100 Å². The van der Waals surface area contributed by atoms with Crippen LogP contribution in [-0.4, -0.2) is 95.0 Å². The first-order valence-corrected chi connectivity index (χ1v) is 16.8. The highest BCUT2D eigenvalue weighted by Crippen LogP contribution is 2.29. The first-order valence-electron chi connectivity index (χ1n) is 16.8. The minimum Gasteiger partial charge on any atom is -0.373 e. The van der Waals surface area contributed by atoms with E-state index in [9.17, 15) is 18.8 Å². The van der Waals surface area contributed by atoms with E-state index in [0.29, 0.717) is 44.2 Å². The summed E-state index contributed by atoms with van der Waals surface area (Å²) < 4.78 is 13.8. The van der Waals surface area contributed by atoms with Crippen LogP contribution in [0, 0.1) is 5.82 Å². The molecule has 0 unspecified atom stereocenters. The zero-order valence-electron chi connectivity index (χ0n) is 26.6. The van der Waals surface area contributed by atoms with Gasteiger partial charge in [0.25, 0.3) is 0 Å². The van der Waals surface area contributed by atoms with Gasteiger partial charge in [-0.3, -0.25) is 4.79 Å². The van der Waals surface area contributed by atoms with Gasteiger partial charge in [-0.05, 0) is 81.4 Å². The smallest absolute Gasteiger partial charge is 0.322 e. The van der Waals surface area contributed by atoms with Crippen molar-refractivity contribution < 1.29 is 18.8 Å². The number of rotatable bonds is 8. The molecule has 0 bridgehead atoms. The summed E-state index contributed by atoms with van der Waals surface area (Å²) in [5.41, 5.74) is 3.00. The van der Waals surface area contributed by atoms with Gasteiger partial charge in [-0.15, -0.1) is 0 Å². The molecule has 4 aliphatic rings. The van der Waals surface area contributed by atoms with Crippen LogP contribution in [0.3, 0.4) is 0 Å². The fraction of sp³-hybridized carbons (Fsp3) is 0.514. The lowest BCUT2D eigenvalue weighted by molar-refractivity contribution is -0.133. The predicted octanol–water partition coefficient (Wildman–Crippen LogP) is 5.21. The van der Waals surface area contributed by atoms with E-state index in [4.69, 9.17) is 0 Å². The summed E-state index contributed by atoms with van der Waals surface area (Å²) in [6, 6.07) is 12.9. The molecule has 3 saturated heterocycles. The highest BCUT2D eigenvalue weighted by Gasteiger charge is 2.34. The van der Waals surface area contributed by atoms with Crippen LogP contribution in [-0.2, 0) is 11.3 Å². The van der Waals surface area contributed by atoms with Gasteiger partial charge in [-0.25, -0.2) is 14.0 Å². The van der Waals surface area contributed by atoms with E-state index in [1.165, 1.54) is 37.5 Å². The molecule has 11 heteroatoms. The third kappa shape index (κ3) is 7.63. The maximum Gasteiger partial charge on any atom is 0.322 e. The van der Waals surface area contributed by atoms with Gasteiger partial charge in [0.05, 0.1) is 12.5 Å². The fourth-order valence-corrected chi connectivity index (χ4v) is 7.41. The summed E-state index contributed by atoms with van der Waals surface area (Å²) in [4.78, 5) is 48.2. The minimum absolute atomic E-state index is 0.0412. The summed E-state index contributed by atoms with van der Waals surface area (Å²) in [6.45, 7) is 9.97. The largest absolute Gasteiger partial charge is 0.373 e. The molecule has 0 aliphatic carbocycles. The van der Waals surface area contributed by atoms with Crippen LogP contribution < -0.4 is 16.0 Å². The summed E-state index contributed by atoms with van der Waals surface area (Å²) >= 11 is 0. The lowest BCUT2D eigenvalue weighted by Crippen LogP contribution is -2.53.